The molecule has 0 radical (unpaired) electrons. The second-order valence-electron chi connectivity index (χ2n) is 4.22. The fraction of sp³-hybridized carbons (Fsp3) is 0.200. The van der Waals surface area contributed by atoms with Crippen LogP contribution in [0.5, 0.6) is 0 Å². The third-order valence-corrected chi connectivity index (χ3v) is 3.07. The molecule has 0 saturated heterocycles. The summed E-state index contributed by atoms with van der Waals surface area (Å²) in [7, 11) is 0. The average molecular weight is 310 g/mol. The summed E-state index contributed by atoms with van der Waals surface area (Å²) >= 11 is 11.7. The molecule has 0 unspecified atom stereocenters. The van der Waals surface area contributed by atoms with Crippen LogP contribution in [-0.2, 0) is 11.2 Å². The third kappa shape index (κ3) is 4.51. The third-order valence-electron chi connectivity index (χ3n) is 2.63. The molecule has 0 aliphatic heterocycles. The van der Waals surface area contributed by atoms with Crippen molar-refractivity contribution in [2.24, 2.45) is 0 Å². The van der Waals surface area contributed by atoms with Crippen molar-refractivity contribution in [2.75, 3.05) is 6.61 Å². The number of esters is 1. The molecule has 1 aromatic heterocycles. The maximum Gasteiger partial charge on any atom is 0.338 e. The molecule has 104 valence electrons. The van der Waals surface area contributed by atoms with Gasteiger partial charge in [-0.1, -0.05) is 29.3 Å². The van der Waals surface area contributed by atoms with E-state index in [0.717, 1.165) is 18.5 Å². The van der Waals surface area contributed by atoms with Crippen LogP contribution in [0, 0.1) is 0 Å². The number of carbonyl (C=O) groups excluding carboxylic acids is 1. The van der Waals surface area contributed by atoms with Crippen molar-refractivity contribution < 1.29 is 9.53 Å². The van der Waals surface area contributed by atoms with Gasteiger partial charge in [-0.05, 0) is 43.2 Å². The molecule has 0 N–H and O–H groups in total. The van der Waals surface area contributed by atoms with Gasteiger partial charge >= 0.3 is 5.97 Å². The van der Waals surface area contributed by atoms with E-state index in [4.69, 9.17) is 27.9 Å². The van der Waals surface area contributed by atoms with Crippen molar-refractivity contribution in [1.29, 1.82) is 0 Å². The number of hydrogen-bond donors (Lipinski definition) is 0. The Kier molecular flexibility index (Phi) is 5.39. The quantitative estimate of drug-likeness (QED) is 0.614. The maximum absolute atomic E-state index is 11.8. The van der Waals surface area contributed by atoms with Gasteiger partial charge in [-0.25, -0.2) is 4.79 Å². The van der Waals surface area contributed by atoms with E-state index in [1.54, 1.807) is 12.3 Å². The molecule has 0 atom stereocenters. The first kappa shape index (κ1) is 14.8. The first-order valence-corrected chi connectivity index (χ1v) is 6.94. The summed E-state index contributed by atoms with van der Waals surface area (Å²) in [6, 6.07) is 10.4. The maximum atomic E-state index is 11.8. The molecular weight excluding hydrogens is 297 g/mol. The number of rotatable bonds is 5. The molecule has 1 heterocycles. The summed E-state index contributed by atoms with van der Waals surface area (Å²) in [5.41, 5.74) is 1.34. The summed E-state index contributed by atoms with van der Waals surface area (Å²) in [6.45, 7) is 0.333. The van der Waals surface area contributed by atoms with E-state index in [2.05, 4.69) is 4.98 Å². The van der Waals surface area contributed by atoms with Crippen molar-refractivity contribution in [3.63, 3.8) is 0 Å². The highest BCUT2D eigenvalue weighted by Gasteiger charge is 2.09. The molecule has 0 aliphatic carbocycles. The molecule has 0 spiro atoms. The first-order valence-electron chi connectivity index (χ1n) is 6.18. The number of benzene rings is 1. The molecular formula is C15H13Cl2NO2. The Hall–Kier alpha value is -1.58. The van der Waals surface area contributed by atoms with E-state index in [1.807, 2.05) is 18.2 Å². The van der Waals surface area contributed by atoms with Gasteiger partial charge < -0.3 is 4.74 Å². The van der Waals surface area contributed by atoms with Crippen LogP contribution in [0.25, 0.3) is 0 Å². The van der Waals surface area contributed by atoms with E-state index in [-0.39, 0.29) is 0 Å². The van der Waals surface area contributed by atoms with Gasteiger partial charge in [-0.15, -0.1) is 0 Å². The Balaban J connectivity index is 1.80. The second kappa shape index (κ2) is 7.27. The van der Waals surface area contributed by atoms with Crippen molar-refractivity contribution >= 4 is 29.2 Å². The lowest BCUT2D eigenvalue weighted by Gasteiger charge is -2.05. The molecule has 5 heteroatoms. The number of ether oxygens (including phenoxy) is 1. The molecule has 0 fully saturated rings. The molecule has 0 bridgehead atoms. The van der Waals surface area contributed by atoms with Crippen LogP contribution in [0.15, 0.2) is 42.6 Å². The zero-order chi connectivity index (χ0) is 14.4. The van der Waals surface area contributed by atoms with Gasteiger partial charge in [0.2, 0.25) is 0 Å². The minimum absolute atomic E-state index is 0.333. The Morgan fingerprint density at radius 3 is 2.55 bits per heavy atom. The van der Waals surface area contributed by atoms with E-state index in [1.165, 1.54) is 12.1 Å². The van der Waals surface area contributed by atoms with Gasteiger partial charge in [0.1, 0.15) is 0 Å². The minimum Gasteiger partial charge on any atom is -0.462 e. The topological polar surface area (TPSA) is 39.2 Å². The predicted octanol–water partition coefficient (Wildman–Crippen LogP) is 4.18. The molecule has 0 aliphatic rings. The molecule has 3 nitrogen and oxygen atoms in total. The number of nitrogens with zero attached hydrogens (tertiary/aromatic N) is 1. The number of hydrogen-bond acceptors (Lipinski definition) is 3. The summed E-state index contributed by atoms with van der Waals surface area (Å²) in [5, 5.41) is 0.830. The van der Waals surface area contributed by atoms with Crippen LogP contribution in [-0.4, -0.2) is 17.6 Å². The highest BCUT2D eigenvalue weighted by atomic mass is 35.5. The molecule has 2 aromatic rings. The number of carbonyl (C=O) groups is 1. The number of halogens is 2. The smallest absolute Gasteiger partial charge is 0.338 e. The number of aryl methyl sites for hydroxylation is 1. The van der Waals surface area contributed by atoms with Gasteiger partial charge in [0, 0.05) is 21.9 Å². The SMILES string of the molecule is O=C(OCCCc1ccccn1)c1cc(Cl)cc(Cl)c1. The van der Waals surface area contributed by atoms with Crippen LogP contribution in [0.4, 0.5) is 0 Å². The normalized spacial score (nSPS) is 10.3. The minimum atomic E-state index is -0.421. The summed E-state index contributed by atoms with van der Waals surface area (Å²) in [4.78, 5) is 16.0. The van der Waals surface area contributed by atoms with Gasteiger partial charge in [0.05, 0.1) is 12.2 Å². The molecule has 2 rings (SSSR count). The van der Waals surface area contributed by atoms with Crippen LogP contribution in [0.3, 0.4) is 0 Å². The largest absolute Gasteiger partial charge is 0.462 e. The lowest BCUT2D eigenvalue weighted by atomic mass is 10.2. The van der Waals surface area contributed by atoms with Crippen LogP contribution >= 0.6 is 23.2 Å². The van der Waals surface area contributed by atoms with Crippen LogP contribution in [0.1, 0.15) is 22.5 Å². The van der Waals surface area contributed by atoms with Gasteiger partial charge in [0.15, 0.2) is 0 Å². The number of pyridine rings is 1. The zero-order valence-corrected chi connectivity index (χ0v) is 12.2. The van der Waals surface area contributed by atoms with Crippen molar-refractivity contribution in [2.45, 2.75) is 12.8 Å². The van der Waals surface area contributed by atoms with Crippen molar-refractivity contribution in [3.05, 3.63) is 63.9 Å². The Morgan fingerprint density at radius 2 is 1.90 bits per heavy atom. The highest BCUT2D eigenvalue weighted by Crippen LogP contribution is 2.19. The Bertz CT molecular complexity index is 567. The zero-order valence-electron chi connectivity index (χ0n) is 10.7. The second-order valence-corrected chi connectivity index (χ2v) is 5.09. The molecule has 20 heavy (non-hydrogen) atoms. The van der Waals surface area contributed by atoms with Crippen molar-refractivity contribution in [1.82, 2.24) is 4.98 Å². The summed E-state index contributed by atoms with van der Waals surface area (Å²) < 4.78 is 5.18. The van der Waals surface area contributed by atoms with Crippen molar-refractivity contribution in [3.8, 4) is 0 Å². The Morgan fingerprint density at radius 1 is 1.15 bits per heavy atom. The molecule has 1 aromatic carbocycles. The fourth-order valence-electron chi connectivity index (χ4n) is 1.72. The van der Waals surface area contributed by atoms with Crippen LogP contribution in [0.2, 0.25) is 10.0 Å². The van der Waals surface area contributed by atoms with E-state index < -0.39 is 5.97 Å². The predicted molar refractivity (Wildman–Crippen MR) is 79.3 cm³/mol. The number of aromatic nitrogens is 1. The fourth-order valence-corrected chi connectivity index (χ4v) is 2.25. The Labute approximate surface area is 127 Å². The monoisotopic (exact) mass is 309 g/mol. The van der Waals surface area contributed by atoms with E-state index in [0.29, 0.717) is 22.2 Å². The average Bonchev–Trinajstić information content (AvgIpc) is 2.43. The van der Waals surface area contributed by atoms with Gasteiger partial charge in [-0.2, -0.15) is 0 Å². The summed E-state index contributed by atoms with van der Waals surface area (Å²) in [6.07, 6.45) is 3.23. The van der Waals surface area contributed by atoms with Gasteiger partial charge in [-0.3, -0.25) is 4.98 Å². The highest BCUT2D eigenvalue weighted by molar-refractivity contribution is 6.35. The lowest BCUT2D eigenvalue weighted by molar-refractivity contribution is 0.0500. The summed E-state index contributed by atoms with van der Waals surface area (Å²) in [5.74, 6) is -0.421. The standard InChI is InChI=1S/C15H13Cl2NO2/c16-12-8-11(9-13(17)10-12)15(19)20-7-3-5-14-4-1-2-6-18-14/h1-2,4,6,8-10H,3,5,7H2. The van der Waals surface area contributed by atoms with E-state index >= 15 is 0 Å². The van der Waals surface area contributed by atoms with Gasteiger partial charge in [0.25, 0.3) is 0 Å². The van der Waals surface area contributed by atoms with Crippen LogP contribution < -0.4 is 0 Å². The first-order chi connectivity index (χ1) is 9.65. The lowest BCUT2D eigenvalue weighted by Crippen LogP contribution is -2.07. The van der Waals surface area contributed by atoms with E-state index in [9.17, 15) is 4.79 Å². The molecule has 0 amide bonds. The molecule has 0 saturated carbocycles.